The molecule has 0 aliphatic carbocycles. The first-order valence-corrected chi connectivity index (χ1v) is 8.50. The molecule has 1 aromatic carbocycles. The summed E-state index contributed by atoms with van der Waals surface area (Å²) in [6.07, 6.45) is 4.30. The van der Waals surface area contributed by atoms with Gasteiger partial charge in [0.1, 0.15) is 18.2 Å². The molecule has 2 heterocycles. The normalized spacial score (nSPS) is 17.0. The maximum absolute atomic E-state index is 6.02. The van der Waals surface area contributed by atoms with Gasteiger partial charge in [0.05, 0.1) is 11.8 Å². The van der Waals surface area contributed by atoms with E-state index in [0.29, 0.717) is 13.2 Å². The van der Waals surface area contributed by atoms with Gasteiger partial charge in [0.25, 0.3) is 0 Å². The van der Waals surface area contributed by atoms with Crippen LogP contribution in [0.2, 0.25) is 0 Å². The second-order valence-corrected chi connectivity index (χ2v) is 6.33. The van der Waals surface area contributed by atoms with Crippen LogP contribution < -0.4 is 10.1 Å². The van der Waals surface area contributed by atoms with Crippen molar-refractivity contribution in [3.63, 3.8) is 0 Å². The van der Waals surface area contributed by atoms with Crippen molar-refractivity contribution in [3.8, 4) is 5.75 Å². The van der Waals surface area contributed by atoms with Crippen LogP contribution in [0.4, 0.5) is 5.69 Å². The Morgan fingerprint density at radius 2 is 2.17 bits per heavy atom. The number of aromatic nitrogens is 2. The minimum Gasteiger partial charge on any atom is -0.489 e. The fraction of sp³-hybridized carbons (Fsp3) is 0.474. The van der Waals surface area contributed by atoms with Crippen LogP contribution in [0.15, 0.2) is 24.4 Å². The van der Waals surface area contributed by atoms with Gasteiger partial charge in [0.2, 0.25) is 0 Å². The summed E-state index contributed by atoms with van der Waals surface area (Å²) in [7, 11) is 0. The van der Waals surface area contributed by atoms with E-state index in [2.05, 4.69) is 40.4 Å². The van der Waals surface area contributed by atoms with Gasteiger partial charge in [-0.25, -0.2) is 9.97 Å². The zero-order valence-electron chi connectivity index (χ0n) is 14.6. The summed E-state index contributed by atoms with van der Waals surface area (Å²) >= 11 is 0. The number of hydrogen-bond donors (Lipinski definition) is 1. The highest BCUT2D eigenvalue weighted by molar-refractivity contribution is 5.58. The van der Waals surface area contributed by atoms with Crippen molar-refractivity contribution in [1.82, 2.24) is 9.97 Å². The van der Waals surface area contributed by atoms with Crippen molar-refractivity contribution in [2.45, 2.75) is 46.3 Å². The zero-order chi connectivity index (χ0) is 16.9. The van der Waals surface area contributed by atoms with E-state index in [0.717, 1.165) is 48.0 Å². The molecule has 5 nitrogen and oxygen atoms in total. The number of anilines is 1. The van der Waals surface area contributed by atoms with Crippen LogP contribution in [0.5, 0.6) is 5.75 Å². The molecule has 1 unspecified atom stereocenters. The molecule has 0 bridgehead atoms. The third kappa shape index (κ3) is 4.23. The summed E-state index contributed by atoms with van der Waals surface area (Å²) in [5, 5.41) is 3.45. The van der Waals surface area contributed by atoms with E-state index in [-0.39, 0.29) is 6.10 Å². The Hall–Kier alpha value is -2.14. The van der Waals surface area contributed by atoms with E-state index in [1.54, 1.807) is 0 Å². The highest BCUT2D eigenvalue weighted by Crippen LogP contribution is 2.27. The smallest absolute Gasteiger partial charge is 0.142 e. The minimum absolute atomic E-state index is 0.214. The van der Waals surface area contributed by atoms with Crippen LogP contribution in [-0.2, 0) is 11.3 Å². The molecule has 0 saturated carbocycles. The number of aryl methyl sites for hydroxylation is 3. The number of benzene rings is 1. The Bertz CT molecular complexity index is 697. The maximum atomic E-state index is 6.02. The van der Waals surface area contributed by atoms with Gasteiger partial charge in [-0.05, 0) is 51.3 Å². The van der Waals surface area contributed by atoms with Crippen LogP contribution in [0.1, 0.15) is 35.5 Å². The van der Waals surface area contributed by atoms with Gasteiger partial charge in [0.15, 0.2) is 0 Å². The minimum atomic E-state index is 0.214. The molecule has 1 N–H and O–H groups in total. The fourth-order valence-electron chi connectivity index (χ4n) is 2.83. The molecule has 0 radical (unpaired) electrons. The molecule has 24 heavy (non-hydrogen) atoms. The lowest BCUT2D eigenvalue weighted by molar-refractivity contribution is 0.0682. The Balaban J connectivity index is 1.67. The van der Waals surface area contributed by atoms with Crippen molar-refractivity contribution in [1.29, 1.82) is 0 Å². The third-order valence-electron chi connectivity index (χ3n) is 4.26. The Kier molecular flexibility index (Phi) is 5.30. The second-order valence-electron chi connectivity index (χ2n) is 6.33. The van der Waals surface area contributed by atoms with Gasteiger partial charge in [-0.2, -0.15) is 0 Å². The van der Waals surface area contributed by atoms with E-state index in [4.69, 9.17) is 9.47 Å². The van der Waals surface area contributed by atoms with E-state index >= 15 is 0 Å². The molecule has 1 aromatic heterocycles. The average Bonchev–Trinajstić information content (AvgIpc) is 3.07. The molecular weight excluding hydrogens is 302 g/mol. The third-order valence-corrected chi connectivity index (χ3v) is 4.26. The largest absolute Gasteiger partial charge is 0.489 e. The average molecular weight is 327 g/mol. The summed E-state index contributed by atoms with van der Waals surface area (Å²) in [5.74, 6) is 1.67. The Morgan fingerprint density at radius 3 is 2.92 bits per heavy atom. The lowest BCUT2D eigenvalue weighted by atomic mass is 10.2. The predicted molar refractivity (Wildman–Crippen MR) is 94.5 cm³/mol. The molecule has 0 spiro atoms. The molecule has 5 heteroatoms. The van der Waals surface area contributed by atoms with Crippen LogP contribution in [0.25, 0.3) is 0 Å². The zero-order valence-corrected chi connectivity index (χ0v) is 14.6. The number of nitrogens with zero attached hydrogens (tertiary/aromatic N) is 2. The predicted octanol–water partition coefficient (Wildman–Crippen LogP) is 3.57. The van der Waals surface area contributed by atoms with Gasteiger partial charge < -0.3 is 14.8 Å². The standard InChI is InChI=1S/C19H25N3O2/c1-13-6-7-18(19(9-13)24-12-17-5-4-8-23-17)21-11-16-10-20-15(3)22-14(16)2/h6-7,9-10,17,21H,4-5,8,11-12H2,1-3H3. The van der Waals surface area contributed by atoms with Crippen molar-refractivity contribution >= 4 is 5.69 Å². The molecule has 1 atom stereocenters. The van der Waals surface area contributed by atoms with E-state index in [1.807, 2.05) is 20.0 Å². The van der Waals surface area contributed by atoms with Gasteiger partial charge in [-0.15, -0.1) is 0 Å². The lowest BCUT2D eigenvalue weighted by Gasteiger charge is -2.17. The summed E-state index contributed by atoms with van der Waals surface area (Å²) < 4.78 is 11.7. The highest BCUT2D eigenvalue weighted by Gasteiger charge is 2.17. The maximum Gasteiger partial charge on any atom is 0.142 e. The number of rotatable bonds is 6. The van der Waals surface area contributed by atoms with Crippen molar-refractivity contribution < 1.29 is 9.47 Å². The quantitative estimate of drug-likeness (QED) is 0.879. The molecule has 2 aromatic rings. The summed E-state index contributed by atoms with van der Waals surface area (Å²) in [6.45, 7) is 8.10. The van der Waals surface area contributed by atoms with Crippen LogP contribution in [-0.4, -0.2) is 29.3 Å². The second kappa shape index (κ2) is 7.62. The van der Waals surface area contributed by atoms with Gasteiger partial charge in [-0.1, -0.05) is 6.07 Å². The van der Waals surface area contributed by atoms with Crippen LogP contribution >= 0.6 is 0 Å². The summed E-state index contributed by atoms with van der Waals surface area (Å²) in [6, 6.07) is 6.21. The molecule has 1 fully saturated rings. The number of hydrogen-bond acceptors (Lipinski definition) is 5. The van der Waals surface area contributed by atoms with Gasteiger partial charge in [-0.3, -0.25) is 0 Å². The first kappa shape index (κ1) is 16.7. The first-order chi connectivity index (χ1) is 11.6. The van der Waals surface area contributed by atoms with Crippen LogP contribution in [0.3, 0.4) is 0 Å². The summed E-state index contributed by atoms with van der Waals surface area (Å²) in [5.41, 5.74) is 4.26. The van der Waals surface area contributed by atoms with E-state index in [1.165, 1.54) is 5.56 Å². The number of ether oxygens (including phenoxy) is 2. The van der Waals surface area contributed by atoms with Crippen LogP contribution in [0, 0.1) is 20.8 Å². The first-order valence-electron chi connectivity index (χ1n) is 8.50. The SMILES string of the molecule is Cc1ccc(NCc2cnc(C)nc2C)c(OCC2CCCO2)c1. The Labute approximate surface area is 143 Å². The van der Waals surface area contributed by atoms with Crippen molar-refractivity contribution in [2.75, 3.05) is 18.5 Å². The topological polar surface area (TPSA) is 56.3 Å². The molecule has 0 amide bonds. The monoisotopic (exact) mass is 327 g/mol. The molecule has 3 rings (SSSR count). The number of nitrogens with one attached hydrogen (secondary N) is 1. The van der Waals surface area contributed by atoms with Crippen molar-refractivity contribution in [2.24, 2.45) is 0 Å². The molecule has 1 aliphatic heterocycles. The van der Waals surface area contributed by atoms with Gasteiger partial charge in [0, 0.05) is 30.6 Å². The van der Waals surface area contributed by atoms with Crippen molar-refractivity contribution in [3.05, 3.63) is 47.0 Å². The van der Waals surface area contributed by atoms with Gasteiger partial charge >= 0.3 is 0 Å². The Morgan fingerprint density at radius 1 is 1.29 bits per heavy atom. The molecule has 1 aliphatic rings. The van der Waals surface area contributed by atoms with E-state index < -0.39 is 0 Å². The fourth-order valence-corrected chi connectivity index (χ4v) is 2.83. The molecule has 128 valence electrons. The van der Waals surface area contributed by atoms with E-state index in [9.17, 15) is 0 Å². The molecule has 1 saturated heterocycles. The lowest BCUT2D eigenvalue weighted by Crippen LogP contribution is -2.17. The molecular formula is C19H25N3O2. The summed E-state index contributed by atoms with van der Waals surface area (Å²) in [4.78, 5) is 8.69. The highest BCUT2D eigenvalue weighted by atomic mass is 16.5.